The number of fused-ring (bicyclic) bond motifs is 2. The van der Waals surface area contributed by atoms with Gasteiger partial charge in [0.2, 0.25) is 11.8 Å². The van der Waals surface area contributed by atoms with Gasteiger partial charge in [-0.2, -0.15) is 0 Å². The third-order valence-electron chi connectivity index (χ3n) is 8.68. The Hall–Kier alpha value is -3.50. The molecule has 5 rings (SSSR count). The lowest BCUT2D eigenvalue weighted by Crippen LogP contribution is -2.62. The van der Waals surface area contributed by atoms with Crippen LogP contribution in [0, 0.1) is 0 Å². The lowest BCUT2D eigenvalue weighted by Gasteiger charge is -2.39. The fraction of sp³-hybridized carbons (Fsp3) is 0.677. The fourth-order valence-electron chi connectivity index (χ4n) is 6.65. The molecule has 0 radical (unpaired) electrons. The van der Waals surface area contributed by atoms with Crippen molar-refractivity contribution < 1.29 is 28.7 Å². The molecule has 11 nitrogen and oxygen atoms in total. The molecule has 0 aromatic heterocycles. The first-order chi connectivity index (χ1) is 20.1. The summed E-state index contributed by atoms with van der Waals surface area (Å²) in [5.74, 6) is 0.177. The van der Waals surface area contributed by atoms with E-state index in [2.05, 4.69) is 16.0 Å². The number of urea groups is 1. The number of alkyl carbamates (subject to hydrolysis) is 1. The molecule has 0 unspecified atom stereocenters. The summed E-state index contributed by atoms with van der Waals surface area (Å²) in [6.07, 6.45) is 6.88. The Morgan fingerprint density at radius 1 is 0.905 bits per heavy atom. The molecule has 1 aromatic rings. The molecule has 230 valence electrons. The number of para-hydroxylation sites is 1. The maximum Gasteiger partial charge on any atom is 0.408 e. The first kappa shape index (κ1) is 30.0. The minimum Gasteiger partial charge on any atom is -0.493 e. The van der Waals surface area contributed by atoms with Crippen LogP contribution in [0.25, 0.3) is 0 Å². The Labute approximate surface area is 248 Å². The molecule has 4 aliphatic rings. The van der Waals surface area contributed by atoms with Gasteiger partial charge in [-0.25, -0.2) is 9.59 Å². The van der Waals surface area contributed by atoms with E-state index < -0.39 is 23.8 Å². The Bertz CT molecular complexity index is 1160. The van der Waals surface area contributed by atoms with Crippen LogP contribution in [-0.2, 0) is 14.3 Å². The minimum absolute atomic E-state index is 0.00152. The van der Waals surface area contributed by atoms with Gasteiger partial charge < -0.3 is 35.2 Å². The summed E-state index contributed by atoms with van der Waals surface area (Å²) in [6.45, 7) is 6.17. The number of amides is 5. The highest BCUT2D eigenvalue weighted by atomic mass is 16.6. The number of hydrogen-bond acceptors (Lipinski definition) is 6. The molecule has 1 aromatic carbocycles. The van der Waals surface area contributed by atoms with Gasteiger partial charge in [-0.1, -0.05) is 37.5 Å². The Balaban J connectivity index is 1.33. The van der Waals surface area contributed by atoms with E-state index in [-0.39, 0.29) is 42.5 Å². The summed E-state index contributed by atoms with van der Waals surface area (Å²) >= 11 is 0. The van der Waals surface area contributed by atoms with E-state index in [4.69, 9.17) is 9.47 Å². The van der Waals surface area contributed by atoms with Gasteiger partial charge in [-0.3, -0.25) is 9.59 Å². The molecule has 42 heavy (non-hydrogen) atoms. The highest BCUT2D eigenvalue weighted by Gasteiger charge is 2.46. The third-order valence-corrected chi connectivity index (χ3v) is 8.68. The number of carbonyl (C=O) groups excluding carboxylic acids is 4. The largest absolute Gasteiger partial charge is 0.493 e. The monoisotopic (exact) mass is 583 g/mol. The van der Waals surface area contributed by atoms with Crippen molar-refractivity contribution in [3.05, 3.63) is 29.8 Å². The van der Waals surface area contributed by atoms with Crippen molar-refractivity contribution in [3.63, 3.8) is 0 Å². The van der Waals surface area contributed by atoms with Crippen molar-refractivity contribution >= 4 is 23.9 Å². The summed E-state index contributed by atoms with van der Waals surface area (Å²) < 4.78 is 11.2. The summed E-state index contributed by atoms with van der Waals surface area (Å²) in [5, 5.41) is 9.04. The van der Waals surface area contributed by atoms with Crippen molar-refractivity contribution in [2.45, 2.75) is 114 Å². The zero-order valence-electron chi connectivity index (χ0n) is 25.0. The van der Waals surface area contributed by atoms with Crippen molar-refractivity contribution in [2.24, 2.45) is 0 Å². The van der Waals surface area contributed by atoms with Crippen LogP contribution in [0.15, 0.2) is 24.3 Å². The van der Waals surface area contributed by atoms with Crippen molar-refractivity contribution in [2.75, 3.05) is 19.7 Å². The number of benzene rings is 1. The van der Waals surface area contributed by atoms with E-state index in [1.165, 1.54) is 6.42 Å². The summed E-state index contributed by atoms with van der Waals surface area (Å²) in [4.78, 5) is 57.3. The van der Waals surface area contributed by atoms with E-state index in [0.717, 1.165) is 37.0 Å². The molecular weight excluding hydrogens is 538 g/mol. The smallest absolute Gasteiger partial charge is 0.408 e. The predicted octanol–water partition coefficient (Wildman–Crippen LogP) is 3.63. The zero-order valence-corrected chi connectivity index (χ0v) is 25.0. The molecule has 3 N–H and O–H groups in total. The average molecular weight is 584 g/mol. The van der Waals surface area contributed by atoms with Crippen molar-refractivity contribution in [1.82, 2.24) is 25.8 Å². The van der Waals surface area contributed by atoms with E-state index in [0.29, 0.717) is 38.8 Å². The molecule has 3 fully saturated rings. The van der Waals surface area contributed by atoms with E-state index in [1.807, 2.05) is 24.3 Å². The number of carbonyl (C=O) groups is 4. The molecule has 11 heteroatoms. The first-order valence-corrected chi connectivity index (χ1v) is 15.5. The quantitative estimate of drug-likeness (QED) is 0.497. The standard InChI is InChI=1S/C31H45N5O6/c1-31(2,3)42-30(40)34-24-19-35(29(39)32-20-9-5-4-6-10-20)17-15-21-13-14-25(36(21)28(24)38)27(37)33-23-16-18-41-26-12-8-7-11-22(23)26/h7-8,11-12,20-21,23-25H,4-6,9-10,13-19H2,1-3H3,(H,32,39)(H,33,37)(H,34,40)/t21-,23-,24+,25+/m1/s1. The highest BCUT2D eigenvalue weighted by Crippen LogP contribution is 2.34. The normalized spacial score (nSPS) is 26.6. The topological polar surface area (TPSA) is 129 Å². The second kappa shape index (κ2) is 12.8. The molecular formula is C31H45N5O6. The molecule has 3 aliphatic heterocycles. The third kappa shape index (κ3) is 7.10. The molecule has 2 saturated heterocycles. The van der Waals surface area contributed by atoms with Crippen LogP contribution in [0.5, 0.6) is 5.75 Å². The highest BCUT2D eigenvalue weighted by molar-refractivity contribution is 5.93. The first-order valence-electron chi connectivity index (χ1n) is 15.5. The fourth-order valence-corrected chi connectivity index (χ4v) is 6.65. The molecule has 4 atom stereocenters. The van der Waals surface area contributed by atoms with Crippen molar-refractivity contribution in [3.8, 4) is 5.75 Å². The average Bonchev–Trinajstić information content (AvgIpc) is 3.37. The Kier molecular flexibility index (Phi) is 9.13. The maximum atomic E-state index is 14.1. The lowest BCUT2D eigenvalue weighted by molar-refractivity contribution is -0.143. The lowest BCUT2D eigenvalue weighted by atomic mass is 9.96. The van der Waals surface area contributed by atoms with Crippen molar-refractivity contribution in [1.29, 1.82) is 0 Å². The van der Waals surface area contributed by atoms with Crippen LogP contribution in [0.4, 0.5) is 9.59 Å². The van der Waals surface area contributed by atoms with Gasteiger partial charge in [0, 0.05) is 30.6 Å². The minimum atomic E-state index is -1.04. The van der Waals surface area contributed by atoms with Gasteiger partial charge in [0.1, 0.15) is 23.4 Å². The summed E-state index contributed by atoms with van der Waals surface area (Å²) in [6, 6.07) is 5.43. The number of hydrogen-bond donors (Lipinski definition) is 3. The molecule has 5 amide bonds. The SMILES string of the molecule is CC(C)(C)OC(=O)N[C@H]1CN(C(=O)NC2CCCCC2)CC[C@H]2CC[C@@H](C(=O)N[C@@H]3CCOc4ccccc43)N2C1=O. The number of rotatable bonds is 4. The van der Waals surface area contributed by atoms with Crippen LogP contribution in [0.1, 0.15) is 90.2 Å². The predicted molar refractivity (Wildman–Crippen MR) is 156 cm³/mol. The zero-order chi connectivity index (χ0) is 29.9. The van der Waals surface area contributed by atoms with Crippen LogP contribution in [0.3, 0.4) is 0 Å². The van der Waals surface area contributed by atoms with Gasteiger partial charge in [0.05, 0.1) is 19.2 Å². The van der Waals surface area contributed by atoms with Gasteiger partial charge in [0.15, 0.2) is 0 Å². The van der Waals surface area contributed by atoms with Gasteiger partial charge >= 0.3 is 12.1 Å². The summed E-state index contributed by atoms with van der Waals surface area (Å²) in [5.41, 5.74) is 0.167. The van der Waals surface area contributed by atoms with Gasteiger partial charge in [-0.05, 0) is 58.9 Å². The number of nitrogens with zero attached hydrogens (tertiary/aromatic N) is 2. The Morgan fingerprint density at radius 2 is 1.67 bits per heavy atom. The van der Waals surface area contributed by atoms with Crippen LogP contribution in [-0.4, -0.2) is 83.2 Å². The van der Waals surface area contributed by atoms with E-state index in [1.54, 1.807) is 30.6 Å². The molecule has 0 bridgehead atoms. The van der Waals surface area contributed by atoms with Crippen LogP contribution in [0.2, 0.25) is 0 Å². The maximum absolute atomic E-state index is 14.1. The van der Waals surface area contributed by atoms with Crippen LogP contribution >= 0.6 is 0 Å². The number of ether oxygens (including phenoxy) is 2. The summed E-state index contributed by atoms with van der Waals surface area (Å²) in [7, 11) is 0. The molecule has 1 aliphatic carbocycles. The molecule has 3 heterocycles. The second-order valence-electron chi connectivity index (χ2n) is 12.9. The molecule has 0 spiro atoms. The van der Waals surface area contributed by atoms with Crippen LogP contribution < -0.4 is 20.7 Å². The molecule has 1 saturated carbocycles. The van der Waals surface area contributed by atoms with Gasteiger partial charge in [0.25, 0.3) is 0 Å². The Morgan fingerprint density at radius 3 is 2.43 bits per heavy atom. The van der Waals surface area contributed by atoms with E-state index in [9.17, 15) is 19.2 Å². The van der Waals surface area contributed by atoms with E-state index >= 15 is 0 Å². The number of nitrogens with one attached hydrogen (secondary N) is 3. The van der Waals surface area contributed by atoms with Gasteiger partial charge in [-0.15, -0.1) is 0 Å². The second-order valence-corrected chi connectivity index (χ2v) is 12.9.